The molecule has 1 aromatic rings. The molecule has 0 N–H and O–H groups in total. The maximum Gasteiger partial charge on any atom is 0.127 e. The van der Waals surface area contributed by atoms with Crippen molar-refractivity contribution in [1.29, 1.82) is 0 Å². The van der Waals surface area contributed by atoms with Crippen LogP contribution in [0, 0.1) is 5.41 Å². The number of hydrogen-bond acceptors (Lipinski definition) is 3. The van der Waals surface area contributed by atoms with Crippen molar-refractivity contribution in [3.8, 4) is 0 Å². The van der Waals surface area contributed by atoms with Gasteiger partial charge in [-0.25, -0.2) is 0 Å². The first-order valence-corrected chi connectivity index (χ1v) is 7.21. The molecule has 17 heavy (non-hydrogen) atoms. The molecule has 0 aliphatic rings. The van der Waals surface area contributed by atoms with Gasteiger partial charge >= 0.3 is 0 Å². The number of rotatable bonds is 8. The van der Waals surface area contributed by atoms with Crippen LogP contribution in [0.15, 0.2) is 17.5 Å². The number of nitrogens with zero attached hydrogens (tertiary/aromatic N) is 1. The van der Waals surface area contributed by atoms with Crippen molar-refractivity contribution in [2.75, 3.05) is 20.1 Å². The summed E-state index contributed by atoms with van der Waals surface area (Å²) in [6, 6.07) is 4.26. The lowest BCUT2D eigenvalue weighted by Gasteiger charge is -2.30. The molecule has 1 heterocycles. The number of carbonyl (C=O) groups excluding carboxylic acids is 1. The Morgan fingerprint density at radius 3 is 2.59 bits per heavy atom. The first kappa shape index (κ1) is 14.4. The third-order valence-electron chi connectivity index (χ3n) is 3.56. The Hall–Kier alpha value is -0.670. The largest absolute Gasteiger partial charge is 0.305 e. The monoisotopic (exact) mass is 253 g/mol. The minimum atomic E-state index is -0.149. The average molecular weight is 253 g/mol. The van der Waals surface area contributed by atoms with E-state index in [2.05, 4.69) is 43.3 Å². The van der Waals surface area contributed by atoms with Crippen molar-refractivity contribution < 1.29 is 4.79 Å². The summed E-state index contributed by atoms with van der Waals surface area (Å²) in [6.45, 7) is 6.10. The van der Waals surface area contributed by atoms with E-state index in [1.54, 1.807) is 11.3 Å². The van der Waals surface area contributed by atoms with Gasteiger partial charge in [-0.2, -0.15) is 0 Å². The van der Waals surface area contributed by atoms with Gasteiger partial charge in [0.25, 0.3) is 0 Å². The van der Waals surface area contributed by atoms with Gasteiger partial charge in [0.2, 0.25) is 0 Å². The molecule has 1 rings (SSSR count). The Bertz CT molecular complexity index is 317. The van der Waals surface area contributed by atoms with Crippen LogP contribution in [0.25, 0.3) is 0 Å². The number of likely N-dealkylation sites (N-methyl/N-ethyl adjacent to an activating group) is 1. The molecule has 0 atom stereocenters. The van der Waals surface area contributed by atoms with Gasteiger partial charge in [0.1, 0.15) is 6.29 Å². The van der Waals surface area contributed by atoms with Crippen molar-refractivity contribution in [3.05, 3.63) is 22.4 Å². The van der Waals surface area contributed by atoms with Crippen LogP contribution in [0.2, 0.25) is 0 Å². The smallest absolute Gasteiger partial charge is 0.127 e. The van der Waals surface area contributed by atoms with E-state index in [4.69, 9.17) is 0 Å². The lowest BCUT2D eigenvalue weighted by molar-refractivity contribution is -0.117. The summed E-state index contributed by atoms with van der Waals surface area (Å²) in [5, 5.41) is 2.11. The van der Waals surface area contributed by atoms with Crippen molar-refractivity contribution >= 4 is 17.6 Å². The maximum atomic E-state index is 11.2. The number of thiophene rings is 1. The molecule has 0 amide bonds. The minimum Gasteiger partial charge on any atom is -0.305 e. The number of hydrogen-bond donors (Lipinski definition) is 0. The van der Waals surface area contributed by atoms with E-state index < -0.39 is 0 Å². The fraction of sp³-hybridized carbons (Fsp3) is 0.643. The van der Waals surface area contributed by atoms with Crippen LogP contribution in [-0.2, 0) is 11.2 Å². The number of aldehydes is 1. The summed E-state index contributed by atoms with van der Waals surface area (Å²) < 4.78 is 0. The van der Waals surface area contributed by atoms with E-state index >= 15 is 0 Å². The molecule has 96 valence electrons. The average Bonchev–Trinajstić information content (AvgIpc) is 2.87. The van der Waals surface area contributed by atoms with Gasteiger partial charge in [0, 0.05) is 23.4 Å². The lowest BCUT2D eigenvalue weighted by Crippen LogP contribution is -2.37. The van der Waals surface area contributed by atoms with Gasteiger partial charge in [-0.15, -0.1) is 11.3 Å². The molecule has 0 aromatic carbocycles. The normalized spacial score (nSPS) is 12.0. The molecular formula is C14H23NOS. The third kappa shape index (κ3) is 4.25. The van der Waals surface area contributed by atoms with Crippen LogP contribution < -0.4 is 0 Å². The molecule has 0 unspecified atom stereocenters. The van der Waals surface area contributed by atoms with E-state index in [9.17, 15) is 4.79 Å². The second kappa shape index (κ2) is 6.92. The predicted octanol–water partition coefficient (Wildman–Crippen LogP) is 3.23. The Morgan fingerprint density at radius 1 is 1.41 bits per heavy atom. The minimum absolute atomic E-state index is 0.149. The molecule has 0 spiro atoms. The van der Waals surface area contributed by atoms with Crippen molar-refractivity contribution in [1.82, 2.24) is 4.90 Å². The van der Waals surface area contributed by atoms with Gasteiger partial charge in [0.15, 0.2) is 0 Å². The fourth-order valence-corrected chi connectivity index (χ4v) is 2.75. The molecule has 0 saturated carbocycles. The summed E-state index contributed by atoms with van der Waals surface area (Å²) in [5.41, 5.74) is -0.149. The number of carbonyl (C=O) groups is 1. The van der Waals surface area contributed by atoms with Gasteiger partial charge in [0.05, 0.1) is 0 Å². The summed E-state index contributed by atoms with van der Waals surface area (Å²) in [6.07, 6.45) is 4.08. The molecule has 0 saturated heterocycles. The van der Waals surface area contributed by atoms with Gasteiger partial charge in [-0.1, -0.05) is 19.9 Å². The summed E-state index contributed by atoms with van der Waals surface area (Å²) >= 11 is 1.80. The second-order valence-corrected chi connectivity index (χ2v) is 5.79. The maximum absolute atomic E-state index is 11.2. The van der Waals surface area contributed by atoms with Crippen LogP contribution in [0.3, 0.4) is 0 Å². The highest BCUT2D eigenvalue weighted by atomic mass is 32.1. The molecule has 1 aromatic heterocycles. The van der Waals surface area contributed by atoms with Gasteiger partial charge < -0.3 is 9.69 Å². The van der Waals surface area contributed by atoms with Crippen LogP contribution in [0.1, 0.15) is 31.6 Å². The van der Waals surface area contributed by atoms with Crippen LogP contribution in [-0.4, -0.2) is 31.3 Å². The van der Waals surface area contributed by atoms with E-state index in [1.165, 1.54) is 4.88 Å². The Morgan fingerprint density at radius 2 is 2.12 bits per heavy atom. The summed E-state index contributed by atoms with van der Waals surface area (Å²) in [4.78, 5) is 14.9. The molecule has 3 heteroatoms. The zero-order valence-corrected chi connectivity index (χ0v) is 11.9. The molecule has 0 radical (unpaired) electrons. The lowest BCUT2D eigenvalue weighted by atomic mass is 9.83. The van der Waals surface area contributed by atoms with Crippen LogP contribution in [0.4, 0.5) is 0 Å². The molecule has 0 aliphatic carbocycles. The quantitative estimate of drug-likeness (QED) is 0.663. The molecule has 0 bridgehead atoms. The zero-order chi connectivity index (χ0) is 12.7. The zero-order valence-electron chi connectivity index (χ0n) is 11.1. The molecule has 0 aliphatic heterocycles. The van der Waals surface area contributed by atoms with E-state index in [1.807, 2.05) is 0 Å². The van der Waals surface area contributed by atoms with Crippen LogP contribution in [0.5, 0.6) is 0 Å². The topological polar surface area (TPSA) is 20.3 Å². The van der Waals surface area contributed by atoms with E-state index in [-0.39, 0.29) is 5.41 Å². The standard InChI is InChI=1S/C14H23NOS/c1-4-14(5-2,12-16)11-15(3)9-8-13-7-6-10-17-13/h6-7,10,12H,4-5,8-9,11H2,1-3H3. The molecule has 2 nitrogen and oxygen atoms in total. The van der Waals surface area contributed by atoms with Crippen LogP contribution >= 0.6 is 11.3 Å². The Balaban J connectivity index is 2.42. The Kier molecular flexibility index (Phi) is 5.86. The highest BCUT2D eigenvalue weighted by Crippen LogP contribution is 2.24. The van der Waals surface area contributed by atoms with Gasteiger partial charge in [-0.3, -0.25) is 0 Å². The molecule has 0 fully saturated rings. The summed E-state index contributed by atoms with van der Waals surface area (Å²) in [5.74, 6) is 0. The van der Waals surface area contributed by atoms with Crippen molar-refractivity contribution in [3.63, 3.8) is 0 Å². The second-order valence-electron chi connectivity index (χ2n) is 4.75. The van der Waals surface area contributed by atoms with E-state index in [0.29, 0.717) is 0 Å². The van der Waals surface area contributed by atoms with E-state index in [0.717, 1.165) is 38.6 Å². The third-order valence-corrected chi connectivity index (χ3v) is 4.50. The Labute approximate surface area is 109 Å². The first-order chi connectivity index (χ1) is 8.15. The summed E-state index contributed by atoms with van der Waals surface area (Å²) in [7, 11) is 2.11. The predicted molar refractivity (Wildman–Crippen MR) is 74.6 cm³/mol. The highest BCUT2D eigenvalue weighted by molar-refractivity contribution is 7.09. The van der Waals surface area contributed by atoms with Crippen molar-refractivity contribution in [2.24, 2.45) is 5.41 Å². The fourth-order valence-electron chi connectivity index (χ4n) is 2.05. The van der Waals surface area contributed by atoms with Crippen molar-refractivity contribution in [2.45, 2.75) is 33.1 Å². The van der Waals surface area contributed by atoms with Gasteiger partial charge in [-0.05, 0) is 37.8 Å². The first-order valence-electron chi connectivity index (χ1n) is 6.33. The SMILES string of the molecule is CCC(C=O)(CC)CN(C)CCc1cccs1. The molecular weight excluding hydrogens is 230 g/mol. The highest BCUT2D eigenvalue weighted by Gasteiger charge is 2.26.